The zero-order valence-electron chi connectivity index (χ0n) is 22.1. The van der Waals surface area contributed by atoms with Crippen molar-refractivity contribution in [3.8, 4) is 23.0 Å². The van der Waals surface area contributed by atoms with E-state index in [0.29, 0.717) is 29.0 Å². The van der Waals surface area contributed by atoms with Gasteiger partial charge in [0.1, 0.15) is 23.7 Å². The lowest BCUT2D eigenvalue weighted by Gasteiger charge is -2.27. The Morgan fingerprint density at radius 1 is 1.09 bits per heavy atom. The van der Waals surface area contributed by atoms with Crippen LogP contribution in [0.15, 0.2) is 12.1 Å². The number of rotatable bonds is 5. The maximum absolute atomic E-state index is 13.2. The van der Waals surface area contributed by atoms with Gasteiger partial charge in [-0.05, 0) is 82.7 Å². The first-order valence-electron chi connectivity index (χ1n) is 11.9. The van der Waals surface area contributed by atoms with Crippen molar-refractivity contribution in [2.45, 2.75) is 74.5 Å². The van der Waals surface area contributed by atoms with Crippen LogP contribution in [-0.4, -0.2) is 24.2 Å². The zero-order valence-corrected chi connectivity index (χ0v) is 22.1. The lowest BCUT2D eigenvalue weighted by molar-refractivity contribution is -0.143. The maximum atomic E-state index is 13.2. The van der Waals surface area contributed by atoms with Crippen molar-refractivity contribution in [3.05, 3.63) is 45.5 Å². The van der Waals surface area contributed by atoms with E-state index in [4.69, 9.17) is 18.9 Å². The Balaban J connectivity index is 2.23. The molecule has 0 amide bonds. The molecule has 35 heavy (non-hydrogen) atoms. The van der Waals surface area contributed by atoms with Crippen LogP contribution in [0.2, 0.25) is 0 Å². The van der Waals surface area contributed by atoms with E-state index in [1.807, 2.05) is 34.6 Å². The van der Waals surface area contributed by atoms with Crippen molar-refractivity contribution in [1.82, 2.24) is 0 Å². The first-order chi connectivity index (χ1) is 16.3. The van der Waals surface area contributed by atoms with E-state index < -0.39 is 23.5 Å². The second kappa shape index (κ2) is 9.90. The number of ether oxygens (including phenoxy) is 4. The first-order valence-corrected chi connectivity index (χ1v) is 11.9. The van der Waals surface area contributed by atoms with Gasteiger partial charge in [0.15, 0.2) is 11.5 Å². The molecule has 1 N–H and O–H groups in total. The molecule has 190 valence electrons. The van der Waals surface area contributed by atoms with Gasteiger partial charge in [0.2, 0.25) is 0 Å². The second-order valence-corrected chi connectivity index (χ2v) is 10.5. The Morgan fingerprint density at radius 3 is 2.31 bits per heavy atom. The van der Waals surface area contributed by atoms with E-state index in [0.717, 1.165) is 16.7 Å². The number of aliphatic hydroxyl groups excluding tert-OH is 1. The summed E-state index contributed by atoms with van der Waals surface area (Å²) < 4.78 is 23.5. The number of aliphatic hydroxyl groups is 1. The fourth-order valence-corrected chi connectivity index (χ4v) is 4.04. The van der Waals surface area contributed by atoms with Crippen LogP contribution in [0, 0.1) is 32.1 Å². The quantitative estimate of drug-likeness (QED) is 0.404. The van der Waals surface area contributed by atoms with Gasteiger partial charge in [0, 0.05) is 11.1 Å². The number of hydrogen-bond acceptors (Lipinski definition) is 7. The van der Waals surface area contributed by atoms with Crippen LogP contribution >= 0.6 is 0 Å². The Kier molecular flexibility index (Phi) is 7.50. The molecule has 0 radical (unpaired) electrons. The molecule has 0 bridgehead atoms. The molecule has 0 saturated heterocycles. The Hall–Kier alpha value is -3.06. The SMILES string of the molecule is COc1c([C@@H](O)CC(C)C)ccc2c1C(=O)OCc1c(C)c(C)c(C)c(OC(=O)C(C)(C)C)c1O2. The van der Waals surface area contributed by atoms with Crippen molar-refractivity contribution in [2.24, 2.45) is 11.3 Å². The van der Waals surface area contributed by atoms with E-state index >= 15 is 0 Å². The largest absolute Gasteiger partial charge is 0.495 e. The van der Waals surface area contributed by atoms with E-state index in [1.165, 1.54) is 7.11 Å². The molecule has 0 spiro atoms. The van der Waals surface area contributed by atoms with Crippen LogP contribution in [0.5, 0.6) is 23.0 Å². The summed E-state index contributed by atoms with van der Waals surface area (Å²) in [6.45, 7) is 15.0. The molecule has 0 unspecified atom stereocenters. The molecule has 0 aliphatic carbocycles. The number of benzene rings is 2. The molecule has 1 aliphatic heterocycles. The minimum Gasteiger partial charge on any atom is -0.495 e. The summed E-state index contributed by atoms with van der Waals surface area (Å²) in [6.07, 6.45) is -0.324. The third-order valence-electron chi connectivity index (χ3n) is 6.38. The predicted molar refractivity (Wildman–Crippen MR) is 132 cm³/mol. The van der Waals surface area contributed by atoms with E-state index in [9.17, 15) is 14.7 Å². The van der Waals surface area contributed by atoms with Crippen molar-refractivity contribution in [2.75, 3.05) is 7.11 Å². The third-order valence-corrected chi connectivity index (χ3v) is 6.38. The topological polar surface area (TPSA) is 91.3 Å². The van der Waals surface area contributed by atoms with Crippen molar-refractivity contribution >= 4 is 11.9 Å². The van der Waals surface area contributed by atoms with Crippen LogP contribution in [0.4, 0.5) is 0 Å². The van der Waals surface area contributed by atoms with Gasteiger partial charge in [0.05, 0.1) is 18.6 Å². The highest BCUT2D eigenvalue weighted by molar-refractivity contribution is 5.97. The Labute approximate surface area is 207 Å². The minimum atomic E-state index is -0.823. The van der Waals surface area contributed by atoms with Crippen molar-refractivity contribution in [1.29, 1.82) is 0 Å². The number of hydrogen-bond donors (Lipinski definition) is 1. The highest BCUT2D eigenvalue weighted by Crippen LogP contribution is 2.47. The molecule has 0 aromatic heterocycles. The average molecular weight is 485 g/mol. The molecule has 1 aliphatic rings. The smallest absolute Gasteiger partial charge is 0.346 e. The molecule has 2 aromatic carbocycles. The normalized spacial score (nSPS) is 14.2. The molecule has 7 heteroatoms. The summed E-state index contributed by atoms with van der Waals surface area (Å²) in [5.74, 6) is 0.248. The zero-order chi connectivity index (χ0) is 26.2. The van der Waals surface area contributed by atoms with Crippen molar-refractivity contribution in [3.63, 3.8) is 0 Å². The standard InChI is InChI=1S/C28H36O7/c1-14(2)12-20(29)18-10-11-21-22(24(18)32-9)26(30)33-13-19-16(4)15(3)17(5)23(25(19)34-21)35-27(31)28(6,7)8/h10-11,14,20,29H,12-13H2,1-9H3/t20-/m0/s1. The van der Waals surface area contributed by atoms with E-state index in [1.54, 1.807) is 32.9 Å². The third kappa shape index (κ3) is 5.15. The molecule has 0 fully saturated rings. The summed E-state index contributed by atoms with van der Waals surface area (Å²) in [7, 11) is 1.44. The van der Waals surface area contributed by atoms with Gasteiger partial charge in [-0.15, -0.1) is 0 Å². The number of carbonyl (C=O) groups is 2. The molecule has 0 saturated carbocycles. The molecule has 1 heterocycles. The number of methoxy groups -OCH3 is 1. The number of carbonyl (C=O) groups excluding carboxylic acids is 2. The van der Waals surface area contributed by atoms with Crippen LogP contribution in [0.25, 0.3) is 0 Å². The summed E-state index contributed by atoms with van der Waals surface area (Å²) in [6, 6.07) is 3.31. The summed E-state index contributed by atoms with van der Waals surface area (Å²) >= 11 is 0. The summed E-state index contributed by atoms with van der Waals surface area (Å²) in [5, 5.41) is 10.8. The monoisotopic (exact) mass is 484 g/mol. The van der Waals surface area contributed by atoms with Crippen LogP contribution in [0.3, 0.4) is 0 Å². The number of esters is 2. The van der Waals surface area contributed by atoms with Gasteiger partial charge >= 0.3 is 11.9 Å². The lowest BCUT2D eigenvalue weighted by atomic mass is 9.94. The highest BCUT2D eigenvalue weighted by atomic mass is 16.6. The number of cyclic esters (lactones) is 1. The fraction of sp³-hybridized carbons (Fsp3) is 0.500. The van der Waals surface area contributed by atoms with Crippen LogP contribution in [0.1, 0.15) is 85.3 Å². The van der Waals surface area contributed by atoms with Gasteiger partial charge in [-0.2, -0.15) is 0 Å². The van der Waals surface area contributed by atoms with E-state index in [2.05, 4.69) is 0 Å². The van der Waals surface area contributed by atoms with Gasteiger partial charge in [-0.3, -0.25) is 4.79 Å². The van der Waals surface area contributed by atoms with Gasteiger partial charge < -0.3 is 24.1 Å². The average Bonchev–Trinajstić information content (AvgIpc) is 2.76. The van der Waals surface area contributed by atoms with Crippen LogP contribution in [-0.2, 0) is 16.1 Å². The Morgan fingerprint density at radius 2 is 1.74 bits per heavy atom. The van der Waals surface area contributed by atoms with Crippen molar-refractivity contribution < 1.29 is 33.6 Å². The molecule has 1 atom stereocenters. The van der Waals surface area contributed by atoms with Gasteiger partial charge in [0.25, 0.3) is 0 Å². The lowest BCUT2D eigenvalue weighted by Crippen LogP contribution is -2.26. The summed E-state index contributed by atoms with van der Waals surface area (Å²) in [5.41, 5.74) is 3.05. The van der Waals surface area contributed by atoms with Crippen LogP contribution < -0.4 is 14.2 Å². The van der Waals surface area contributed by atoms with Gasteiger partial charge in [-0.25, -0.2) is 4.79 Å². The van der Waals surface area contributed by atoms with Gasteiger partial charge in [-0.1, -0.05) is 13.8 Å². The minimum absolute atomic E-state index is 0.0669. The van der Waals surface area contributed by atoms with E-state index in [-0.39, 0.29) is 29.6 Å². The molecular formula is C28H36O7. The highest BCUT2D eigenvalue weighted by Gasteiger charge is 2.33. The molecule has 7 nitrogen and oxygen atoms in total. The fourth-order valence-electron chi connectivity index (χ4n) is 4.04. The predicted octanol–water partition coefficient (Wildman–Crippen LogP) is 6.11. The first kappa shape index (κ1) is 26.5. The molecule has 2 aromatic rings. The molecule has 3 rings (SSSR count). The Bertz CT molecular complexity index is 1160. The maximum Gasteiger partial charge on any atom is 0.346 e. The second-order valence-electron chi connectivity index (χ2n) is 10.5. The number of fused-ring (bicyclic) bond motifs is 2. The summed E-state index contributed by atoms with van der Waals surface area (Å²) in [4.78, 5) is 26.0. The molecular weight excluding hydrogens is 448 g/mol.